The third-order valence-electron chi connectivity index (χ3n) is 3.28. The quantitative estimate of drug-likeness (QED) is 0.741. The van der Waals surface area contributed by atoms with Crippen LogP contribution in [0.4, 0.5) is 0 Å². The van der Waals surface area contributed by atoms with E-state index in [0.29, 0.717) is 18.1 Å². The van der Waals surface area contributed by atoms with Gasteiger partial charge in [-0.15, -0.1) is 0 Å². The van der Waals surface area contributed by atoms with E-state index in [4.69, 9.17) is 4.74 Å². The number of pyridine rings is 1. The first-order valence-corrected chi connectivity index (χ1v) is 6.89. The van der Waals surface area contributed by atoms with Gasteiger partial charge in [-0.25, -0.2) is 9.67 Å². The lowest BCUT2D eigenvalue weighted by Gasteiger charge is -2.07. The fourth-order valence-corrected chi connectivity index (χ4v) is 2.13. The first-order valence-electron chi connectivity index (χ1n) is 6.89. The maximum Gasteiger partial charge on any atom is 0.267 e. The highest BCUT2D eigenvalue weighted by Gasteiger charge is 2.05. The fourth-order valence-electron chi connectivity index (χ4n) is 2.13. The van der Waals surface area contributed by atoms with E-state index in [-0.39, 0.29) is 5.56 Å². The maximum absolute atomic E-state index is 12.0. The van der Waals surface area contributed by atoms with Gasteiger partial charge in [-0.2, -0.15) is 5.10 Å². The third-order valence-corrected chi connectivity index (χ3v) is 3.28. The summed E-state index contributed by atoms with van der Waals surface area (Å²) in [5.74, 6) is 0.543. The van der Waals surface area contributed by atoms with Crippen LogP contribution in [0.1, 0.15) is 5.56 Å². The monoisotopic (exact) mass is 293 g/mol. The van der Waals surface area contributed by atoms with E-state index in [9.17, 15) is 4.79 Å². The van der Waals surface area contributed by atoms with Crippen molar-refractivity contribution in [3.8, 4) is 17.1 Å². The van der Waals surface area contributed by atoms with E-state index in [1.807, 2.05) is 36.4 Å². The van der Waals surface area contributed by atoms with Crippen molar-refractivity contribution in [2.75, 3.05) is 7.11 Å². The van der Waals surface area contributed by atoms with E-state index >= 15 is 0 Å². The van der Waals surface area contributed by atoms with Crippen LogP contribution in [-0.2, 0) is 6.54 Å². The Bertz CT molecular complexity index is 811. The summed E-state index contributed by atoms with van der Waals surface area (Å²) in [4.78, 5) is 16.1. The molecule has 0 saturated carbocycles. The Balaban J connectivity index is 1.93. The van der Waals surface area contributed by atoms with Crippen molar-refractivity contribution in [3.63, 3.8) is 0 Å². The Kier molecular flexibility index (Phi) is 3.96. The Labute approximate surface area is 127 Å². The molecular formula is C17H15N3O2. The predicted octanol–water partition coefficient (Wildman–Crippen LogP) is 2.36. The highest BCUT2D eigenvalue weighted by molar-refractivity contribution is 5.57. The second-order valence-electron chi connectivity index (χ2n) is 4.79. The van der Waals surface area contributed by atoms with Gasteiger partial charge < -0.3 is 4.74 Å². The van der Waals surface area contributed by atoms with Gasteiger partial charge in [0.25, 0.3) is 5.56 Å². The standard InChI is InChI=1S/C17H15N3O2/c1-22-16-9-7-14(11-18-16)15-8-10-17(21)20(19-15)12-13-5-3-2-4-6-13/h2-11H,12H2,1H3. The predicted molar refractivity (Wildman–Crippen MR) is 83.8 cm³/mol. The normalized spacial score (nSPS) is 10.4. The molecule has 5 nitrogen and oxygen atoms in total. The van der Waals surface area contributed by atoms with Crippen LogP contribution >= 0.6 is 0 Å². The fraction of sp³-hybridized carbons (Fsp3) is 0.118. The summed E-state index contributed by atoms with van der Waals surface area (Å²) in [5, 5.41) is 4.42. The molecule has 0 N–H and O–H groups in total. The van der Waals surface area contributed by atoms with E-state index < -0.39 is 0 Å². The molecule has 2 heterocycles. The van der Waals surface area contributed by atoms with Crippen molar-refractivity contribution in [2.24, 2.45) is 0 Å². The zero-order valence-corrected chi connectivity index (χ0v) is 12.1. The van der Waals surface area contributed by atoms with Gasteiger partial charge in [0.05, 0.1) is 19.3 Å². The average molecular weight is 293 g/mol. The maximum atomic E-state index is 12.0. The minimum absolute atomic E-state index is 0.130. The molecule has 0 amide bonds. The zero-order valence-electron chi connectivity index (χ0n) is 12.1. The average Bonchev–Trinajstić information content (AvgIpc) is 2.58. The van der Waals surface area contributed by atoms with Gasteiger partial charge in [0, 0.05) is 23.9 Å². The molecule has 2 aromatic heterocycles. The number of hydrogen-bond donors (Lipinski definition) is 0. The zero-order chi connectivity index (χ0) is 15.4. The van der Waals surface area contributed by atoms with Gasteiger partial charge in [-0.05, 0) is 17.7 Å². The van der Waals surface area contributed by atoms with Crippen molar-refractivity contribution < 1.29 is 4.74 Å². The number of rotatable bonds is 4. The molecule has 0 aliphatic rings. The molecule has 0 spiro atoms. The topological polar surface area (TPSA) is 57.0 Å². The second kappa shape index (κ2) is 6.22. The van der Waals surface area contributed by atoms with E-state index in [1.165, 1.54) is 10.7 Å². The molecule has 3 rings (SSSR count). The minimum Gasteiger partial charge on any atom is -0.481 e. The van der Waals surface area contributed by atoms with Crippen LogP contribution in [0.2, 0.25) is 0 Å². The summed E-state index contributed by atoms with van der Waals surface area (Å²) < 4.78 is 6.49. The number of hydrogen-bond acceptors (Lipinski definition) is 4. The van der Waals surface area contributed by atoms with Crippen LogP contribution in [0, 0.1) is 0 Å². The molecule has 0 bridgehead atoms. The SMILES string of the molecule is COc1ccc(-c2ccc(=O)n(Cc3ccccc3)n2)cn1. The summed E-state index contributed by atoms with van der Waals surface area (Å²) in [6, 6.07) is 16.6. The number of aromatic nitrogens is 3. The van der Waals surface area contributed by atoms with Crippen molar-refractivity contribution in [1.82, 2.24) is 14.8 Å². The van der Waals surface area contributed by atoms with Gasteiger partial charge in [-0.1, -0.05) is 30.3 Å². The molecule has 0 saturated heterocycles. The van der Waals surface area contributed by atoms with E-state index in [1.54, 1.807) is 25.4 Å². The summed E-state index contributed by atoms with van der Waals surface area (Å²) in [6.45, 7) is 0.442. The molecule has 0 fully saturated rings. The lowest BCUT2D eigenvalue weighted by molar-refractivity contribution is 0.398. The Morgan fingerprint density at radius 3 is 2.55 bits per heavy atom. The largest absolute Gasteiger partial charge is 0.481 e. The number of benzene rings is 1. The van der Waals surface area contributed by atoms with Gasteiger partial charge in [0.1, 0.15) is 0 Å². The molecule has 110 valence electrons. The smallest absolute Gasteiger partial charge is 0.267 e. The van der Waals surface area contributed by atoms with Gasteiger partial charge in [0.15, 0.2) is 0 Å². The van der Waals surface area contributed by atoms with Crippen molar-refractivity contribution in [1.29, 1.82) is 0 Å². The molecule has 0 unspecified atom stereocenters. The van der Waals surface area contributed by atoms with E-state index in [2.05, 4.69) is 10.1 Å². The number of nitrogens with zero attached hydrogens (tertiary/aromatic N) is 3. The van der Waals surface area contributed by atoms with Crippen LogP contribution in [0.15, 0.2) is 65.6 Å². The lowest BCUT2D eigenvalue weighted by Crippen LogP contribution is -2.22. The van der Waals surface area contributed by atoms with Crippen LogP contribution in [-0.4, -0.2) is 21.9 Å². The third kappa shape index (κ3) is 3.03. The summed E-state index contributed by atoms with van der Waals surface area (Å²) >= 11 is 0. The van der Waals surface area contributed by atoms with Crippen LogP contribution < -0.4 is 10.3 Å². The summed E-state index contributed by atoms with van der Waals surface area (Å²) in [6.07, 6.45) is 1.68. The molecular weight excluding hydrogens is 278 g/mol. The van der Waals surface area contributed by atoms with Gasteiger partial charge in [0.2, 0.25) is 5.88 Å². The molecule has 0 aliphatic heterocycles. The summed E-state index contributed by atoms with van der Waals surface area (Å²) in [7, 11) is 1.57. The molecule has 1 aromatic carbocycles. The van der Waals surface area contributed by atoms with Gasteiger partial charge >= 0.3 is 0 Å². The van der Waals surface area contributed by atoms with Crippen molar-refractivity contribution in [3.05, 3.63) is 76.7 Å². The Morgan fingerprint density at radius 1 is 1.05 bits per heavy atom. The lowest BCUT2D eigenvalue weighted by atomic mass is 10.2. The molecule has 22 heavy (non-hydrogen) atoms. The first kappa shape index (κ1) is 14.0. The van der Waals surface area contributed by atoms with E-state index in [0.717, 1.165) is 11.1 Å². The molecule has 0 aliphatic carbocycles. The van der Waals surface area contributed by atoms with Crippen LogP contribution in [0.25, 0.3) is 11.3 Å². The first-order chi connectivity index (χ1) is 10.8. The highest BCUT2D eigenvalue weighted by Crippen LogP contribution is 2.16. The van der Waals surface area contributed by atoms with Crippen molar-refractivity contribution >= 4 is 0 Å². The summed E-state index contributed by atoms with van der Waals surface area (Å²) in [5.41, 5.74) is 2.43. The van der Waals surface area contributed by atoms with Gasteiger partial charge in [-0.3, -0.25) is 4.79 Å². The molecule has 0 radical (unpaired) electrons. The second-order valence-corrected chi connectivity index (χ2v) is 4.79. The highest BCUT2D eigenvalue weighted by atomic mass is 16.5. The number of methoxy groups -OCH3 is 1. The number of ether oxygens (including phenoxy) is 1. The van der Waals surface area contributed by atoms with Crippen LogP contribution in [0.3, 0.4) is 0 Å². The van der Waals surface area contributed by atoms with Crippen LogP contribution in [0.5, 0.6) is 5.88 Å². The minimum atomic E-state index is -0.130. The van der Waals surface area contributed by atoms with Crippen molar-refractivity contribution in [2.45, 2.75) is 6.54 Å². The Hall–Kier alpha value is -2.95. The molecule has 0 atom stereocenters. The molecule has 3 aromatic rings. The Morgan fingerprint density at radius 2 is 1.86 bits per heavy atom. The molecule has 5 heteroatoms.